The summed E-state index contributed by atoms with van der Waals surface area (Å²) in [4.78, 5) is 18.4. The molecule has 0 amide bonds. The van der Waals surface area contributed by atoms with Gasteiger partial charge in [-0.2, -0.15) is 0 Å². The SMILES string of the molecule is CC.CC[C@H](O)COc1ccc2c(=O)n(-c3ccc(N4CCCN(C)CC4)c(C4(C)CC4)c3)ccc2c1. The fourth-order valence-electron chi connectivity index (χ4n) is 5.01. The van der Waals surface area contributed by atoms with Crippen molar-refractivity contribution in [2.45, 2.75) is 64.9 Å². The summed E-state index contributed by atoms with van der Waals surface area (Å²) in [5, 5.41) is 11.3. The van der Waals surface area contributed by atoms with Gasteiger partial charge in [0.1, 0.15) is 12.4 Å². The van der Waals surface area contributed by atoms with Crippen LogP contribution in [0.2, 0.25) is 0 Å². The molecule has 1 N–H and O–H groups in total. The predicted octanol–water partition coefficient (Wildman–Crippen LogP) is 5.36. The van der Waals surface area contributed by atoms with E-state index in [1.54, 1.807) is 4.57 Å². The third kappa shape index (κ3) is 6.02. The molecule has 2 fully saturated rings. The van der Waals surface area contributed by atoms with E-state index in [1.165, 1.54) is 30.5 Å². The molecule has 6 nitrogen and oxygen atoms in total. The van der Waals surface area contributed by atoms with Crippen LogP contribution in [0, 0.1) is 0 Å². The summed E-state index contributed by atoms with van der Waals surface area (Å²) in [6.07, 6.45) is 5.58. The molecule has 6 heteroatoms. The molecule has 0 unspecified atom stereocenters. The van der Waals surface area contributed by atoms with Crippen LogP contribution in [0.5, 0.6) is 5.75 Å². The quantitative estimate of drug-likeness (QED) is 0.469. The predicted molar refractivity (Wildman–Crippen MR) is 154 cm³/mol. The molecule has 1 atom stereocenters. The van der Waals surface area contributed by atoms with E-state index in [2.05, 4.69) is 42.0 Å². The maximum absolute atomic E-state index is 13.5. The molecule has 2 aromatic carbocycles. The topological polar surface area (TPSA) is 57.9 Å². The minimum atomic E-state index is -0.487. The molecule has 1 saturated carbocycles. The summed E-state index contributed by atoms with van der Waals surface area (Å²) in [6, 6.07) is 14.0. The minimum absolute atomic E-state index is 0.0290. The van der Waals surface area contributed by atoms with E-state index >= 15 is 0 Å². The molecule has 0 bridgehead atoms. The summed E-state index contributed by atoms with van der Waals surface area (Å²) < 4.78 is 7.46. The van der Waals surface area contributed by atoms with Crippen LogP contribution in [0.1, 0.15) is 58.9 Å². The zero-order chi connectivity index (χ0) is 26.6. The van der Waals surface area contributed by atoms with Crippen molar-refractivity contribution < 1.29 is 9.84 Å². The molecule has 1 aliphatic carbocycles. The number of aliphatic hydroxyl groups is 1. The summed E-state index contributed by atoms with van der Waals surface area (Å²) in [6.45, 7) is 12.8. The number of benzene rings is 2. The molecule has 37 heavy (non-hydrogen) atoms. The van der Waals surface area contributed by atoms with E-state index in [1.807, 2.05) is 51.2 Å². The monoisotopic (exact) mass is 505 g/mol. The molecule has 1 saturated heterocycles. The van der Waals surface area contributed by atoms with Gasteiger partial charge in [0, 0.05) is 42.6 Å². The normalized spacial score (nSPS) is 18.1. The van der Waals surface area contributed by atoms with Crippen molar-refractivity contribution in [3.8, 4) is 11.4 Å². The van der Waals surface area contributed by atoms with Gasteiger partial charge in [0.25, 0.3) is 5.56 Å². The first kappa shape index (κ1) is 27.2. The number of nitrogens with zero attached hydrogens (tertiary/aromatic N) is 3. The second-order valence-electron chi connectivity index (χ2n) is 10.5. The Kier molecular flexibility index (Phi) is 8.60. The lowest BCUT2D eigenvalue weighted by atomic mass is 9.94. The molecule has 1 aliphatic heterocycles. The molecule has 1 aromatic heterocycles. The third-order valence-electron chi connectivity index (χ3n) is 7.76. The van der Waals surface area contributed by atoms with Gasteiger partial charge >= 0.3 is 0 Å². The Morgan fingerprint density at radius 2 is 1.81 bits per heavy atom. The van der Waals surface area contributed by atoms with Crippen molar-refractivity contribution in [3.63, 3.8) is 0 Å². The molecular formula is C31H43N3O3. The van der Waals surface area contributed by atoms with Crippen LogP contribution in [0.3, 0.4) is 0 Å². The number of hydrogen-bond acceptors (Lipinski definition) is 5. The fraction of sp³-hybridized carbons (Fsp3) is 0.516. The standard InChI is InChI=1S/C29H37N3O3.C2H6/c1-4-23(33)20-35-24-7-8-25-21(18-24)10-15-32(28(25)34)22-6-9-27(26(19-22)29(2)11-12-29)31-14-5-13-30(3)16-17-31;1-2/h6-10,15,18-19,23,33H,4-5,11-14,16-17,20H2,1-3H3;1-2H3/t23-;/m0./s1. The van der Waals surface area contributed by atoms with Gasteiger partial charge in [0.15, 0.2) is 0 Å². The molecule has 0 spiro atoms. The maximum atomic E-state index is 13.5. The van der Waals surface area contributed by atoms with Gasteiger partial charge in [-0.3, -0.25) is 9.36 Å². The lowest BCUT2D eigenvalue weighted by Gasteiger charge is -2.28. The highest BCUT2D eigenvalue weighted by Gasteiger charge is 2.41. The minimum Gasteiger partial charge on any atom is -0.491 e. The van der Waals surface area contributed by atoms with Crippen molar-refractivity contribution in [1.82, 2.24) is 9.47 Å². The molecule has 0 radical (unpaired) electrons. The van der Waals surface area contributed by atoms with Gasteiger partial charge in [-0.1, -0.05) is 27.7 Å². The number of fused-ring (bicyclic) bond motifs is 1. The van der Waals surface area contributed by atoms with E-state index < -0.39 is 6.10 Å². The third-order valence-corrected chi connectivity index (χ3v) is 7.76. The Morgan fingerprint density at radius 1 is 1.03 bits per heavy atom. The second-order valence-corrected chi connectivity index (χ2v) is 10.5. The van der Waals surface area contributed by atoms with E-state index in [0.717, 1.165) is 37.3 Å². The van der Waals surface area contributed by atoms with Gasteiger partial charge in [-0.25, -0.2) is 0 Å². The molecule has 200 valence electrons. The van der Waals surface area contributed by atoms with Crippen LogP contribution in [-0.2, 0) is 5.41 Å². The number of hydrogen-bond donors (Lipinski definition) is 1. The smallest absolute Gasteiger partial charge is 0.262 e. The fourth-order valence-corrected chi connectivity index (χ4v) is 5.01. The number of aromatic nitrogens is 1. The Balaban J connectivity index is 0.00000156. The maximum Gasteiger partial charge on any atom is 0.262 e. The van der Waals surface area contributed by atoms with E-state index in [9.17, 15) is 9.90 Å². The van der Waals surface area contributed by atoms with Crippen LogP contribution in [0.25, 0.3) is 16.5 Å². The van der Waals surface area contributed by atoms with Gasteiger partial charge in [-0.15, -0.1) is 0 Å². The van der Waals surface area contributed by atoms with Gasteiger partial charge in [0.2, 0.25) is 0 Å². The van der Waals surface area contributed by atoms with E-state index in [0.29, 0.717) is 17.6 Å². The van der Waals surface area contributed by atoms with Gasteiger partial charge in [0.05, 0.1) is 6.10 Å². The van der Waals surface area contributed by atoms with Crippen LogP contribution < -0.4 is 15.2 Å². The highest BCUT2D eigenvalue weighted by Crippen LogP contribution is 2.51. The first-order valence-corrected chi connectivity index (χ1v) is 13.9. The molecule has 2 aliphatic rings. The Morgan fingerprint density at radius 3 is 2.54 bits per heavy atom. The first-order chi connectivity index (χ1) is 17.9. The number of ether oxygens (including phenoxy) is 1. The van der Waals surface area contributed by atoms with Crippen LogP contribution in [0.4, 0.5) is 5.69 Å². The summed E-state index contributed by atoms with van der Waals surface area (Å²) in [5.74, 6) is 0.665. The van der Waals surface area contributed by atoms with Crippen molar-refractivity contribution in [1.29, 1.82) is 0 Å². The van der Waals surface area contributed by atoms with E-state index in [-0.39, 0.29) is 17.6 Å². The highest BCUT2D eigenvalue weighted by molar-refractivity contribution is 5.83. The lowest BCUT2D eigenvalue weighted by molar-refractivity contribution is 0.104. The van der Waals surface area contributed by atoms with Crippen LogP contribution in [0.15, 0.2) is 53.5 Å². The van der Waals surface area contributed by atoms with Crippen molar-refractivity contribution in [2.75, 3.05) is 44.7 Å². The van der Waals surface area contributed by atoms with Crippen molar-refractivity contribution in [2.24, 2.45) is 0 Å². The van der Waals surface area contributed by atoms with Gasteiger partial charge < -0.3 is 19.6 Å². The van der Waals surface area contributed by atoms with Gasteiger partial charge in [-0.05, 0) is 98.1 Å². The number of pyridine rings is 1. The number of aliphatic hydroxyl groups excluding tert-OH is 1. The van der Waals surface area contributed by atoms with Crippen LogP contribution >= 0.6 is 0 Å². The number of likely N-dealkylation sites (N-methyl/N-ethyl adjacent to an activating group) is 1. The zero-order valence-corrected chi connectivity index (χ0v) is 23.2. The average Bonchev–Trinajstić information content (AvgIpc) is 3.71. The first-order valence-electron chi connectivity index (χ1n) is 13.9. The highest BCUT2D eigenvalue weighted by atomic mass is 16.5. The molecule has 2 heterocycles. The Hall–Kier alpha value is -2.83. The molecule has 5 rings (SSSR count). The second kappa shape index (κ2) is 11.7. The van der Waals surface area contributed by atoms with Crippen molar-refractivity contribution in [3.05, 3.63) is 64.6 Å². The summed E-state index contributed by atoms with van der Waals surface area (Å²) in [7, 11) is 2.20. The average molecular weight is 506 g/mol. The lowest BCUT2D eigenvalue weighted by Crippen LogP contribution is -2.30. The summed E-state index contributed by atoms with van der Waals surface area (Å²) >= 11 is 0. The largest absolute Gasteiger partial charge is 0.491 e. The summed E-state index contributed by atoms with van der Waals surface area (Å²) in [5.41, 5.74) is 3.78. The number of anilines is 1. The zero-order valence-electron chi connectivity index (χ0n) is 23.2. The van der Waals surface area contributed by atoms with E-state index in [4.69, 9.17) is 4.74 Å². The number of rotatable bonds is 7. The molecular weight excluding hydrogens is 462 g/mol. The molecule has 3 aromatic rings. The van der Waals surface area contributed by atoms with Crippen molar-refractivity contribution >= 4 is 16.5 Å². The van der Waals surface area contributed by atoms with Crippen LogP contribution in [-0.4, -0.2) is 60.5 Å². The Bertz CT molecular complexity index is 1260. The Labute approximate surface area is 221 Å².